The van der Waals surface area contributed by atoms with E-state index in [1.807, 2.05) is 4.90 Å². The number of nitrogens with zero attached hydrogens (tertiary/aromatic N) is 4. The first-order chi connectivity index (χ1) is 13.2. The van der Waals surface area contributed by atoms with Gasteiger partial charge in [0.05, 0.1) is 17.0 Å². The van der Waals surface area contributed by atoms with Crippen LogP contribution in [-0.4, -0.2) is 53.9 Å². The van der Waals surface area contributed by atoms with E-state index in [4.69, 9.17) is 4.52 Å². The number of halogens is 3. The topological polar surface area (TPSA) is 79.5 Å². The SMILES string of the molecule is O=S(=O)(c1cccc(C(F)(F)F)c1)N1CCN(Cc2noc(C3CC3)n2)CC1. The summed E-state index contributed by atoms with van der Waals surface area (Å²) in [5.41, 5.74) is -0.976. The van der Waals surface area contributed by atoms with Gasteiger partial charge in [-0.05, 0) is 31.0 Å². The average Bonchev–Trinajstić information content (AvgIpc) is 3.41. The fraction of sp³-hybridized carbons (Fsp3) is 0.529. The van der Waals surface area contributed by atoms with Crippen molar-refractivity contribution >= 4 is 10.0 Å². The number of benzene rings is 1. The molecule has 152 valence electrons. The molecular formula is C17H19F3N4O3S. The standard InChI is InChI=1S/C17H19F3N4O3S/c18-17(19,20)13-2-1-3-14(10-13)28(25,26)24-8-6-23(7-9-24)11-15-21-16(27-22-15)12-4-5-12/h1-3,10,12H,4-9,11H2. The van der Waals surface area contributed by atoms with E-state index in [2.05, 4.69) is 10.1 Å². The van der Waals surface area contributed by atoms with Gasteiger partial charge < -0.3 is 4.52 Å². The maximum Gasteiger partial charge on any atom is 0.416 e. The Morgan fingerprint density at radius 3 is 2.50 bits per heavy atom. The first kappa shape index (κ1) is 19.3. The molecule has 0 atom stereocenters. The zero-order chi connectivity index (χ0) is 19.9. The average molecular weight is 416 g/mol. The number of hydrogen-bond donors (Lipinski definition) is 0. The van der Waals surface area contributed by atoms with Crippen molar-refractivity contribution in [3.63, 3.8) is 0 Å². The maximum absolute atomic E-state index is 12.9. The van der Waals surface area contributed by atoms with E-state index in [1.165, 1.54) is 10.4 Å². The number of sulfonamides is 1. The van der Waals surface area contributed by atoms with Crippen LogP contribution in [0.3, 0.4) is 0 Å². The largest absolute Gasteiger partial charge is 0.416 e. The van der Waals surface area contributed by atoms with Crippen LogP contribution in [-0.2, 0) is 22.7 Å². The van der Waals surface area contributed by atoms with Gasteiger partial charge in [0.2, 0.25) is 15.9 Å². The smallest absolute Gasteiger partial charge is 0.339 e. The summed E-state index contributed by atoms with van der Waals surface area (Å²) in [6, 6.07) is 3.84. The van der Waals surface area contributed by atoms with Gasteiger partial charge in [-0.15, -0.1) is 0 Å². The summed E-state index contributed by atoms with van der Waals surface area (Å²) < 4.78 is 70.5. The quantitative estimate of drug-likeness (QED) is 0.745. The predicted octanol–water partition coefficient (Wildman–Crippen LogP) is 2.47. The van der Waals surface area contributed by atoms with Crippen LogP contribution < -0.4 is 0 Å². The van der Waals surface area contributed by atoms with Crippen molar-refractivity contribution in [3.8, 4) is 0 Å². The molecule has 2 heterocycles. The van der Waals surface area contributed by atoms with Crippen molar-refractivity contribution in [2.45, 2.75) is 36.4 Å². The summed E-state index contributed by atoms with van der Waals surface area (Å²) in [5.74, 6) is 1.59. The molecule has 1 saturated carbocycles. The lowest BCUT2D eigenvalue weighted by molar-refractivity contribution is -0.137. The molecule has 2 aromatic rings. The molecule has 0 amide bonds. The van der Waals surface area contributed by atoms with Crippen molar-refractivity contribution in [1.82, 2.24) is 19.3 Å². The van der Waals surface area contributed by atoms with Crippen molar-refractivity contribution < 1.29 is 26.1 Å². The van der Waals surface area contributed by atoms with Crippen LogP contribution in [0, 0.1) is 0 Å². The Bertz CT molecular complexity index is 949. The normalized spacial score (nSPS) is 19.8. The molecule has 7 nitrogen and oxygen atoms in total. The lowest BCUT2D eigenvalue weighted by Gasteiger charge is -2.33. The number of rotatable bonds is 5. The van der Waals surface area contributed by atoms with E-state index >= 15 is 0 Å². The summed E-state index contributed by atoms with van der Waals surface area (Å²) >= 11 is 0. The lowest BCUT2D eigenvalue weighted by atomic mass is 10.2. The molecule has 0 N–H and O–H groups in total. The maximum atomic E-state index is 12.9. The van der Waals surface area contributed by atoms with Crippen molar-refractivity contribution in [3.05, 3.63) is 41.5 Å². The second-order valence-electron chi connectivity index (χ2n) is 7.03. The van der Waals surface area contributed by atoms with Gasteiger partial charge in [-0.2, -0.15) is 22.5 Å². The molecule has 0 radical (unpaired) electrons. The third-order valence-corrected chi connectivity index (χ3v) is 6.80. The molecule has 1 aromatic heterocycles. The summed E-state index contributed by atoms with van der Waals surface area (Å²) in [5, 5.41) is 3.95. The zero-order valence-corrected chi connectivity index (χ0v) is 15.7. The minimum atomic E-state index is -4.59. The van der Waals surface area contributed by atoms with Crippen LogP contribution in [0.2, 0.25) is 0 Å². The van der Waals surface area contributed by atoms with Gasteiger partial charge >= 0.3 is 6.18 Å². The van der Waals surface area contributed by atoms with E-state index in [1.54, 1.807) is 0 Å². The van der Waals surface area contributed by atoms with E-state index in [0.29, 0.717) is 43.3 Å². The van der Waals surface area contributed by atoms with Crippen LogP contribution in [0.4, 0.5) is 13.2 Å². The second kappa shape index (κ2) is 7.12. The summed E-state index contributed by atoms with van der Waals surface area (Å²) in [6.07, 6.45) is -2.46. The van der Waals surface area contributed by atoms with E-state index in [0.717, 1.165) is 25.0 Å². The van der Waals surface area contributed by atoms with E-state index in [-0.39, 0.29) is 18.0 Å². The monoisotopic (exact) mass is 416 g/mol. The molecule has 0 bridgehead atoms. The molecule has 2 aliphatic rings. The van der Waals surface area contributed by atoms with Crippen molar-refractivity contribution in [2.75, 3.05) is 26.2 Å². The second-order valence-corrected chi connectivity index (χ2v) is 8.97. The fourth-order valence-corrected chi connectivity index (χ4v) is 4.61. The molecule has 0 unspecified atom stereocenters. The highest BCUT2D eigenvalue weighted by atomic mass is 32.2. The van der Waals surface area contributed by atoms with Gasteiger partial charge in [0, 0.05) is 32.1 Å². The Labute approximate surface area is 160 Å². The molecule has 2 fully saturated rings. The number of piperazine rings is 1. The predicted molar refractivity (Wildman–Crippen MR) is 91.8 cm³/mol. The molecule has 1 saturated heterocycles. The van der Waals surface area contributed by atoms with Gasteiger partial charge in [-0.1, -0.05) is 11.2 Å². The number of alkyl halides is 3. The van der Waals surface area contributed by atoms with Crippen LogP contribution in [0.25, 0.3) is 0 Å². The highest BCUT2D eigenvalue weighted by Crippen LogP contribution is 2.38. The van der Waals surface area contributed by atoms with Gasteiger partial charge in [0.15, 0.2) is 5.82 Å². The Balaban J connectivity index is 1.39. The van der Waals surface area contributed by atoms with E-state index in [9.17, 15) is 21.6 Å². The molecule has 4 rings (SSSR count). The van der Waals surface area contributed by atoms with Crippen molar-refractivity contribution in [1.29, 1.82) is 0 Å². The Hall–Kier alpha value is -1.98. The third kappa shape index (κ3) is 4.06. The van der Waals surface area contributed by atoms with Crippen LogP contribution in [0.5, 0.6) is 0 Å². The third-order valence-electron chi connectivity index (χ3n) is 4.91. The number of hydrogen-bond acceptors (Lipinski definition) is 6. The summed E-state index contributed by atoms with van der Waals surface area (Å²) in [7, 11) is -3.98. The van der Waals surface area contributed by atoms with Crippen LogP contribution in [0.15, 0.2) is 33.7 Å². The van der Waals surface area contributed by atoms with Gasteiger partial charge in [0.1, 0.15) is 0 Å². The molecule has 1 aromatic carbocycles. The molecular weight excluding hydrogens is 397 g/mol. The first-order valence-corrected chi connectivity index (χ1v) is 10.4. The first-order valence-electron chi connectivity index (χ1n) is 8.96. The van der Waals surface area contributed by atoms with Gasteiger partial charge in [-0.3, -0.25) is 4.90 Å². The Morgan fingerprint density at radius 1 is 1.14 bits per heavy atom. The Morgan fingerprint density at radius 2 is 1.86 bits per heavy atom. The minimum Gasteiger partial charge on any atom is -0.339 e. The van der Waals surface area contributed by atoms with Gasteiger partial charge in [0.25, 0.3) is 0 Å². The van der Waals surface area contributed by atoms with Crippen LogP contribution >= 0.6 is 0 Å². The molecule has 11 heteroatoms. The fourth-order valence-electron chi connectivity index (χ4n) is 3.14. The Kier molecular flexibility index (Phi) is 4.92. The lowest BCUT2D eigenvalue weighted by Crippen LogP contribution is -2.48. The van der Waals surface area contributed by atoms with Crippen molar-refractivity contribution in [2.24, 2.45) is 0 Å². The van der Waals surface area contributed by atoms with Crippen LogP contribution in [0.1, 0.15) is 36.0 Å². The van der Waals surface area contributed by atoms with Gasteiger partial charge in [-0.25, -0.2) is 8.42 Å². The van der Waals surface area contributed by atoms with E-state index < -0.39 is 21.8 Å². The molecule has 28 heavy (non-hydrogen) atoms. The zero-order valence-electron chi connectivity index (χ0n) is 14.9. The molecule has 1 aliphatic heterocycles. The highest BCUT2D eigenvalue weighted by Gasteiger charge is 2.34. The minimum absolute atomic E-state index is 0.186. The summed E-state index contributed by atoms with van der Waals surface area (Å²) in [4.78, 5) is 6.01. The molecule has 1 aliphatic carbocycles. The number of aromatic nitrogens is 2. The summed E-state index contributed by atoms with van der Waals surface area (Å²) in [6.45, 7) is 1.70. The highest BCUT2D eigenvalue weighted by molar-refractivity contribution is 7.89. The molecule has 0 spiro atoms.